The second kappa shape index (κ2) is 3.34. The van der Waals surface area contributed by atoms with Gasteiger partial charge in [0.2, 0.25) is 6.41 Å². The molecule has 0 saturated heterocycles. The fourth-order valence-electron chi connectivity index (χ4n) is 1.88. The molecular weight excluding hydrogens is 202 g/mol. The van der Waals surface area contributed by atoms with Crippen molar-refractivity contribution < 1.29 is 4.79 Å². The third-order valence-corrected chi connectivity index (χ3v) is 2.60. The van der Waals surface area contributed by atoms with Gasteiger partial charge >= 0.3 is 0 Å². The van der Waals surface area contributed by atoms with Gasteiger partial charge in [-0.25, -0.2) is 4.98 Å². The molecule has 0 saturated carbocycles. The van der Waals surface area contributed by atoms with Crippen LogP contribution < -0.4 is 5.32 Å². The summed E-state index contributed by atoms with van der Waals surface area (Å²) < 4.78 is 0. The van der Waals surface area contributed by atoms with Gasteiger partial charge in [0.05, 0.1) is 0 Å². The minimum Gasteiger partial charge on any atom is -0.339 e. The lowest BCUT2D eigenvalue weighted by atomic mass is 10.2. The van der Waals surface area contributed by atoms with Gasteiger partial charge in [-0.1, -0.05) is 0 Å². The number of anilines is 1. The lowest BCUT2D eigenvalue weighted by Crippen LogP contribution is -1.92. The van der Waals surface area contributed by atoms with Crippen LogP contribution in [0.1, 0.15) is 0 Å². The first-order valence-corrected chi connectivity index (χ1v) is 4.95. The van der Waals surface area contributed by atoms with Crippen LogP contribution in [0.4, 0.5) is 5.69 Å². The summed E-state index contributed by atoms with van der Waals surface area (Å²) in [5, 5.41) is 4.77. The van der Waals surface area contributed by atoms with Crippen molar-refractivity contribution in [1.82, 2.24) is 9.97 Å². The number of aromatic nitrogens is 2. The molecule has 0 bridgehead atoms. The number of H-pyrrole nitrogens is 1. The van der Waals surface area contributed by atoms with Crippen LogP contribution in [0.5, 0.6) is 0 Å². The van der Waals surface area contributed by atoms with Crippen molar-refractivity contribution in [2.45, 2.75) is 0 Å². The third kappa shape index (κ3) is 1.24. The van der Waals surface area contributed by atoms with Crippen molar-refractivity contribution in [3.05, 3.63) is 36.5 Å². The molecule has 0 fully saturated rings. The van der Waals surface area contributed by atoms with Crippen LogP contribution in [0, 0.1) is 0 Å². The van der Waals surface area contributed by atoms with E-state index in [-0.39, 0.29) is 0 Å². The molecule has 0 aliphatic rings. The highest BCUT2D eigenvalue weighted by Crippen LogP contribution is 2.26. The van der Waals surface area contributed by atoms with Crippen molar-refractivity contribution >= 4 is 34.0 Å². The molecule has 0 atom stereocenters. The molecular formula is C12H9N3O. The van der Waals surface area contributed by atoms with E-state index in [0.717, 1.165) is 27.6 Å². The second-order valence-corrected chi connectivity index (χ2v) is 3.55. The van der Waals surface area contributed by atoms with Gasteiger partial charge in [0.15, 0.2) is 0 Å². The summed E-state index contributed by atoms with van der Waals surface area (Å²) in [6, 6.07) is 9.63. The number of pyridine rings is 1. The van der Waals surface area contributed by atoms with Crippen molar-refractivity contribution in [1.29, 1.82) is 0 Å². The third-order valence-electron chi connectivity index (χ3n) is 2.60. The molecule has 3 aromatic rings. The summed E-state index contributed by atoms with van der Waals surface area (Å²) in [6.45, 7) is 0. The number of hydrogen-bond acceptors (Lipinski definition) is 2. The Kier molecular flexibility index (Phi) is 1.86. The molecule has 16 heavy (non-hydrogen) atoms. The fraction of sp³-hybridized carbons (Fsp3) is 0. The average Bonchev–Trinajstić information content (AvgIpc) is 2.68. The van der Waals surface area contributed by atoms with E-state index in [0.29, 0.717) is 6.41 Å². The number of rotatable bonds is 2. The molecule has 2 N–H and O–H groups in total. The minimum absolute atomic E-state index is 0.675. The smallest absolute Gasteiger partial charge is 0.211 e. The zero-order chi connectivity index (χ0) is 11.0. The van der Waals surface area contributed by atoms with Crippen LogP contribution in [-0.2, 0) is 4.79 Å². The van der Waals surface area contributed by atoms with E-state index in [4.69, 9.17) is 0 Å². The van der Waals surface area contributed by atoms with E-state index in [2.05, 4.69) is 15.3 Å². The second-order valence-electron chi connectivity index (χ2n) is 3.55. The van der Waals surface area contributed by atoms with Crippen LogP contribution in [0.2, 0.25) is 0 Å². The standard InChI is InChI=1S/C12H9N3O/c16-7-14-8-3-4-11-10(6-8)9-2-1-5-13-12(9)15-11/h1-7H,(H,13,15)(H,14,16). The summed E-state index contributed by atoms with van der Waals surface area (Å²) in [4.78, 5) is 17.8. The molecule has 4 nitrogen and oxygen atoms in total. The molecule has 4 heteroatoms. The van der Waals surface area contributed by atoms with Crippen LogP contribution in [-0.4, -0.2) is 16.4 Å². The zero-order valence-corrected chi connectivity index (χ0v) is 8.40. The van der Waals surface area contributed by atoms with Crippen LogP contribution in [0.15, 0.2) is 36.5 Å². The van der Waals surface area contributed by atoms with Gasteiger partial charge < -0.3 is 10.3 Å². The quantitative estimate of drug-likeness (QED) is 0.639. The molecule has 0 unspecified atom stereocenters. The monoisotopic (exact) mass is 211 g/mol. The lowest BCUT2D eigenvalue weighted by Gasteiger charge is -1.97. The number of fused-ring (bicyclic) bond motifs is 3. The molecule has 0 spiro atoms. The molecule has 78 valence electrons. The van der Waals surface area contributed by atoms with Gasteiger partial charge in [-0.05, 0) is 30.3 Å². The van der Waals surface area contributed by atoms with Gasteiger partial charge in [0, 0.05) is 28.2 Å². The Morgan fingerprint density at radius 1 is 1.25 bits per heavy atom. The van der Waals surface area contributed by atoms with E-state index in [1.54, 1.807) is 6.20 Å². The largest absolute Gasteiger partial charge is 0.339 e. The summed E-state index contributed by atoms with van der Waals surface area (Å²) in [7, 11) is 0. The molecule has 0 radical (unpaired) electrons. The van der Waals surface area contributed by atoms with Gasteiger partial charge in [-0.3, -0.25) is 4.79 Å². The van der Waals surface area contributed by atoms with Crippen LogP contribution in [0.3, 0.4) is 0 Å². The van der Waals surface area contributed by atoms with Gasteiger partial charge in [-0.15, -0.1) is 0 Å². The highest BCUT2D eigenvalue weighted by atomic mass is 16.1. The van der Waals surface area contributed by atoms with Crippen molar-refractivity contribution in [2.24, 2.45) is 0 Å². The zero-order valence-electron chi connectivity index (χ0n) is 8.40. The normalized spacial score (nSPS) is 10.8. The van der Waals surface area contributed by atoms with E-state index >= 15 is 0 Å². The summed E-state index contributed by atoms with van der Waals surface area (Å²) in [5.41, 5.74) is 2.66. The molecule has 3 rings (SSSR count). The van der Waals surface area contributed by atoms with E-state index in [1.165, 1.54) is 0 Å². The summed E-state index contributed by atoms with van der Waals surface area (Å²) in [5.74, 6) is 0. The summed E-state index contributed by atoms with van der Waals surface area (Å²) in [6.07, 6.45) is 2.43. The number of hydrogen-bond donors (Lipinski definition) is 2. The molecule has 1 aromatic carbocycles. The number of carbonyl (C=O) groups excluding carboxylic acids is 1. The van der Waals surface area contributed by atoms with Crippen molar-refractivity contribution in [3.8, 4) is 0 Å². The number of nitrogens with one attached hydrogen (secondary N) is 2. The SMILES string of the molecule is O=CNc1ccc2[nH]c3ncccc3c2c1. The van der Waals surface area contributed by atoms with Crippen LogP contribution >= 0.6 is 0 Å². The number of carbonyl (C=O) groups is 1. The highest BCUT2D eigenvalue weighted by Gasteiger charge is 2.04. The predicted octanol–water partition coefficient (Wildman–Crippen LogP) is 2.28. The topological polar surface area (TPSA) is 57.8 Å². The molecule has 0 aliphatic heterocycles. The van der Waals surface area contributed by atoms with E-state index in [9.17, 15) is 4.79 Å². The maximum atomic E-state index is 10.4. The Morgan fingerprint density at radius 2 is 2.19 bits per heavy atom. The molecule has 2 aromatic heterocycles. The Morgan fingerprint density at radius 3 is 3.06 bits per heavy atom. The van der Waals surface area contributed by atoms with Crippen molar-refractivity contribution in [2.75, 3.05) is 5.32 Å². The maximum absolute atomic E-state index is 10.4. The Bertz CT molecular complexity index is 672. The molecule has 2 heterocycles. The minimum atomic E-state index is 0.675. The Labute approximate surface area is 91.3 Å². The maximum Gasteiger partial charge on any atom is 0.211 e. The highest BCUT2D eigenvalue weighted by molar-refractivity contribution is 6.07. The number of nitrogens with zero attached hydrogens (tertiary/aromatic N) is 1. The number of benzene rings is 1. The van der Waals surface area contributed by atoms with Crippen molar-refractivity contribution in [3.63, 3.8) is 0 Å². The average molecular weight is 211 g/mol. The Balaban J connectivity index is 2.35. The fourth-order valence-corrected chi connectivity index (χ4v) is 1.88. The number of amides is 1. The first kappa shape index (κ1) is 8.91. The summed E-state index contributed by atoms with van der Waals surface area (Å²) >= 11 is 0. The first-order chi connectivity index (χ1) is 7.88. The first-order valence-electron chi connectivity index (χ1n) is 4.95. The van der Waals surface area contributed by atoms with Gasteiger partial charge in [0.25, 0.3) is 0 Å². The van der Waals surface area contributed by atoms with Gasteiger partial charge in [0.1, 0.15) is 5.65 Å². The number of aromatic amines is 1. The van der Waals surface area contributed by atoms with E-state index in [1.807, 2.05) is 30.3 Å². The van der Waals surface area contributed by atoms with E-state index < -0.39 is 0 Å². The van der Waals surface area contributed by atoms with Gasteiger partial charge in [-0.2, -0.15) is 0 Å². The van der Waals surface area contributed by atoms with Crippen LogP contribution in [0.25, 0.3) is 21.9 Å². The predicted molar refractivity (Wildman–Crippen MR) is 63.3 cm³/mol. The Hall–Kier alpha value is -2.36. The molecule has 1 amide bonds. The lowest BCUT2D eigenvalue weighted by molar-refractivity contribution is -0.105. The molecule has 0 aliphatic carbocycles.